The first-order chi connectivity index (χ1) is 10.1. The SMILES string of the molecule is CCCC(OC)C1=CCCN(C)C1C1C=CC(F)C(C)C1. The molecule has 0 aromatic heterocycles. The van der Waals surface area contributed by atoms with Gasteiger partial charge in [-0.3, -0.25) is 4.90 Å². The maximum Gasteiger partial charge on any atom is 0.121 e. The van der Waals surface area contributed by atoms with Crippen molar-refractivity contribution in [3.8, 4) is 0 Å². The van der Waals surface area contributed by atoms with Gasteiger partial charge in [0.1, 0.15) is 6.17 Å². The minimum Gasteiger partial charge on any atom is -0.377 e. The van der Waals surface area contributed by atoms with Crippen LogP contribution in [0, 0.1) is 11.8 Å². The van der Waals surface area contributed by atoms with Crippen LogP contribution in [0.2, 0.25) is 0 Å². The Hall–Kier alpha value is -0.670. The molecule has 0 N–H and O–H groups in total. The lowest BCUT2D eigenvalue weighted by molar-refractivity contribution is 0.0871. The number of rotatable bonds is 5. The highest BCUT2D eigenvalue weighted by molar-refractivity contribution is 5.24. The van der Waals surface area contributed by atoms with Crippen LogP contribution in [0.5, 0.6) is 0 Å². The Labute approximate surface area is 129 Å². The van der Waals surface area contributed by atoms with E-state index in [0.29, 0.717) is 12.0 Å². The molecular formula is C18H30FNO. The first kappa shape index (κ1) is 16.7. The molecule has 0 fully saturated rings. The second-order valence-corrected chi connectivity index (χ2v) is 6.64. The van der Waals surface area contributed by atoms with Gasteiger partial charge in [0, 0.05) is 19.7 Å². The second kappa shape index (κ2) is 7.55. The Morgan fingerprint density at radius 2 is 2.19 bits per heavy atom. The summed E-state index contributed by atoms with van der Waals surface area (Å²) in [7, 11) is 4.00. The molecule has 0 saturated heterocycles. The summed E-state index contributed by atoms with van der Waals surface area (Å²) in [6.07, 6.45) is 9.85. The van der Waals surface area contributed by atoms with Crippen LogP contribution in [0.25, 0.3) is 0 Å². The molecule has 5 unspecified atom stereocenters. The number of allylic oxidation sites excluding steroid dienone is 1. The largest absolute Gasteiger partial charge is 0.377 e. The number of hydrogen-bond donors (Lipinski definition) is 0. The monoisotopic (exact) mass is 295 g/mol. The summed E-state index contributed by atoms with van der Waals surface area (Å²) in [6, 6.07) is 0.362. The van der Waals surface area contributed by atoms with Crippen molar-refractivity contribution in [1.82, 2.24) is 4.90 Å². The number of methoxy groups -OCH3 is 1. The highest BCUT2D eigenvalue weighted by Gasteiger charge is 2.36. The average Bonchev–Trinajstić information content (AvgIpc) is 2.47. The van der Waals surface area contributed by atoms with Gasteiger partial charge in [0.2, 0.25) is 0 Å². The highest BCUT2D eigenvalue weighted by Crippen LogP contribution is 2.36. The van der Waals surface area contributed by atoms with E-state index < -0.39 is 6.17 Å². The number of likely N-dealkylation sites (N-methyl/N-ethyl adjacent to an activating group) is 1. The molecule has 0 amide bonds. The van der Waals surface area contributed by atoms with E-state index in [0.717, 1.165) is 32.2 Å². The van der Waals surface area contributed by atoms with Crippen LogP contribution in [-0.4, -0.2) is 43.9 Å². The van der Waals surface area contributed by atoms with E-state index in [1.807, 2.05) is 14.0 Å². The summed E-state index contributed by atoms with van der Waals surface area (Å²) >= 11 is 0. The van der Waals surface area contributed by atoms with Gasteiger partial charge in [-0.1, -0.05) is 38.5 Å². The molecule has 3 heteroatoms. The van der Waals surface area contributed by atoms with Crippen molar-refractivity contribution in [1.29, 1.82) is 0 Å². The highest BCUT2D eigenvalue weighted by atomic mass is 19.1. The van der Waals surface area contributed by atoms with E-state index in [1.54, 1.807) is 6.08 Å². The van der Waals surface area contributed by atoms with Gasteiger partial charge in [0.25, 0.3) is 0 Å². The summed E-state index contributed by atoms with van der Waals surface area (Å²) in [5, 5.41) is 0. The minimum absolute atomic E-state index is 0.115. The Bertz CT molecular complexity index is 393. The summed E-state index contributed by atoms with van der Waals surface area (Å²) in [5.74, 6) is 0.516. The van der Waals surface area contributed by atoms with Crippen LogP contribution in [0.15, 0.2) is 23.8 Å². The third-order valence-corrected chi connectivity index (χ3v) is 5.02. The molecule has 2 aliphatic rings. The molecule has 0 bridgehead atoms. The molecule has 0 radical (unpaired) electrons. The van der Waals surface area contributed by atoms with Crippen LogP contribution in [0.4, 0.5) is 4.39 Å². The second-order valence-electron chi connectivity index (χ2n) is 6.64. The zero-order chi connectivity index (χ0) is 15.4. The topological polar surface area (TPSA) is 12.5 Å². The van der Waals surface area contributed by atoms with Gasteiger partial charge < -0.3 is 4.74 Å². The van der Waals surface area contributed by atoms with E-state index in [2.05, 4.69) is 31.0 Å². The van der Waals surface area contributed by atoms with Gasteiger partial charge in [0.05, 0.1) is 6.10 Å². The van der Waals surface area contributed by atoms with Crippen molar-refractivity contribution < 1.29 is 9.13 Å². The predicted octanol–water partition coefficient (Wildman–Crippen LogP) is 3.98. The van der Waals surface area contributed by atoms with Gasteiger partial charge in [-0.25, -0.2) is 4.39 Å². The lowest BCUT2D eigenvalue weighted by Crippen LogP contribution is -2.46. The Morgan fingerprint density at radius 1 is 1.43 bits per heavy atom. The molecule has 0 aromatic carbocycles. The van der Waals surface area contributed by atoms with Crippen molar-refractivity contribution in [2.24, 2.45) is 11.8 Å². The van der Waals surface area contributed by atoms with Crippen LogP contribution < -0.4 is 0 Å². The van der Waals surface area contributed by atoms with Crippen molar-refractivity contribution in [3.05, 3.63) is 23.8 Å². The fourth-order valence-electron chi connectivity index (χ4n) is 3.84. The molecule has 1 heterocycles. The van der Waals surface area contributed by atoms with Crippen LogP contribution in [0.3, 0.4) is 0 Å². The number of ether oxygens (including phenoxy) is 1. The zero-order valence-corrected chi connectivity index (χ0v) is 13.9. The van der Waals surface area contributed by atoms with Crippen LogP contribution in [0.1, 0.15) is 39.5 Å². The summed E-state index contributed by atoms with van der Waals surface area (Å²) < 4.78 is 19.5. The Balaban J connectivity index is 2.22. The number of alkyl halides is 1. The van der Waals surface area contributed by atoms with Crippen molar-refractivity contribution >= 4 is 0 Å². The van der Waals surface area contributed by atoms with E-state index in [-0.39, 0.29) is 12.0 Å². The fourth-order valence-corrected chi connectivity index (χ4v) is 3.84. The third-order valence-electron chi connectivity index (χ3n) is 5.02. The summed E-state index contributed by atoms with van der Waals surface area (Å²) in [5.41, 5.74) is 1.41. The molecule has 2 nitrogen and oxygen atoms in total. The number of hydrogen-bond acceptors (Lipinski definition) is 2. The Kier molecular flexibility index (Phi) is 6.00. The van der Waals surface area contributed by atoms with Crippen molar-refractivity contribution in [3.63, 3.8) is 0 Å². The van der Waals surface area contributed by atoms with Crippen LogP contribution >= 0.6 is 0 Å². The Morgan fingerprint density at radius 3 is 2.81 bits per heavy atom. The fraction of sp³-hybridized carbons (Fsp3) is 0.778. The molecule has 2 rings (SSSR count). The first-order valence-electron chi connectivity index (χ1n) is 8.33. The van der Waals surface area contributed by atoms with Gasteiger partial charge in [-0.2, -0.15) is 0 Å². The summed E-state index contributed by atoms with van der Waals surface area (Å²) in [6.45, 7) is 5.30. The van der Waals surface area contributed by atoms with Crippen molar-refractivity contribution in [2.45, 2.75) is 57.8 Å². The molecule has 1 aliphatic heterocycles. The van der Waals surface area contributed by atoms with Gasteiger partial charge >= 0.3 is 0 Å². The van der Waals surface area contributed by atoms with Crippen molar-refractivity contribution in [2.75, 3.05) is 20.7 Å². The molecular weight excluding hydrogens is 265 g/mol. The molecule has 120 valence electrons. The zero-order valence-electron chi connectivity index (χ0n) is 13.9. The molecule has 21 heavy (non-hydrogen) atoms. The van der Waals surface area contributed by atoms with Gasteiger partial charge in [-0.15, -0.1) is 0 Å². The van der Waals surface area contributed by atoms with Crippen LogP contribution in [-0.2, 0) is 4.74 Å². The maximum atomic E-state index is 13.7. The lowest BCUT2D eigenvalue weighted by atomic mass is 9.76. The molecule has 5 atom stereocenters. The molecule has 0 spiro atoms. The van der Waals surface area contributed by atoms with E-state index >= 15 is 0 Å². The predicted molar refractivity (Wildman–Crippen MR) is 86.1 cm³/mol. The normalized spacial score (nSPS) is 35.6. The molecule has 0 saturated carbocycles. The van der Waals surface area contributed by atoms with Gasteiger partial charge in [-0.05, 0) is 43.7 Å². The average molecular weight is 295 g/mol. The number of nitrogens with zero attached hydrogens (tertiary/aromatic N) is 1. The standard InChI is InChI=1S/C18H30FNO/c1-5-7-17(21-4)15-8-6-11-20(3)18(15)14-9-10-16(19)13(2)12-14/h8-10,13-14,16-18H,5-7,11-12H2,1-4H3. The molecule has 1 aliphatic carbocycles. The van der Waals surface area contributed by atoms with E-state index in [9.17, 15) is 4.39 Å². The van der Waals surface area contributed by atoms with Gasteiger partial charge in [0.15, 0.2) is 0 Å². The smallest absolute Gasteiger partial charge is 0.121 e. The maximum absolute atomic E-state index is 13.7. The summed E-state index contributed by atoms with van der Waals surface area (Å²) in [4.78, 5) is 2.43. The number of halogens is 1. The minimum atomic E-state index is -0.781. The third kappa shape index (κ3) is 3.75. The van der Waals surface area contributed by atoms with E-state index in [4.69, 9.17) is 4.74 Å². The molecule has 0 aromatic rings. The quantitative estimate of drug-likeness (QED) is 0.711. The van der Waals surface area contributed by atoms with E-state index in [1.165, 1.54) is 5.57 Å². The first-order valence-corrected chi connectivity index (χ1v) is 8.33. The lowest BCUT2D eigenvalue weighted by Gasteiger charge is -2.42.